The first-order valence-corrected chi connectivity index (χ1v) is 18.9. The number of piperidine rings is 2. The summed E-state index contributed by atoms with van der Waals surface area (Å²) in [6, 6.07) is 7.27. The van der Waals surface area contributed by atoms with E-state index in [-0.39, 0.29) is 11.7 Å². The molecule has 7 heterocycles. The molecule has 0 aliphatic carbocycles. The Balaban J connectivity index is 0.000000150. The summed E-state index contributed by atoms with van der Waals surface area (Å²) in [6.45, 7) is 6.10. The average molecular weight is 796 g/mol. The van der Waals surface area contributed by atoms with Crippen LogP contribution < -0.4 is 15.5 Å². The number of fused-ring (bicyclic) bond motifs is 2. The third-order valence-electron chi connectivity index (χ3n) is 8.33. The van der Waals surface area contributed by atoms with Gasteiger partial charge in [0.2, 0.25) is 17.8 Å². The maximum Gasteiger partial charge on any atom is 0.226 e. The Morgan fingerprint density at radius 2 is 1.36 bits per heavy atom. The van der Waals surface area contributed by atoms with Crippen LogP contribution in [0.2, 0.25) is 0 Å². The Morgan fingerprint density at radius 3 is 1.98 bits per heavy atom. The monoisotopic (exact) mass is 793 g/mol. The predicted molar refractivity (Wildman–Crippen MR) is 200 cm³/mol. The van der Waals surface area contributed by atoms with E-state index >= 15 is 0 Å². The maximum atomic E-state index is 9.81. The Hall–Kier alpha value is -3.46. The zero-order valence-electron chi connectivity index (χ0n) is 25.8. The lowest BCUT2D eigenvalue weighted by Crippen LogP contribution is -2.31. The van der Waals surface area contributed by atoms with Crippen LogP contribution in [0.4, 0.5) is 17.8 Å². The van der Waals surface area contributed by atoms with Crippen molar-refractivity contribution in [3.05, 3.63) is 55.9 Å². The van der Waals surface area contributed by atoms with Crippen molar-refractivity contribution in [2.24, 2.45) is 0 Å². The van der Waals surface area contributed by atoms with E-state index in [9.17, 15) is 5.11 Å². The van der Waals surface area contributed by atoms with Crippen molar-refractivity contribution in [3.8, 4) is 28.3 Å². The highest BCUT2D eigenvalue weighted by atomic mass is 79.9. The lowest BCUT2D eigenvalue weighted by atomic mass is 10.1. The number of anilines is 3. The number of hydrogen-bond acceptors (Lipinski definition) is 12. The normalized spacial score (nSPS) is 15.2. The molecule has 14 heteroatoms. The number of aromatic nitrogens is 6. The van der Waals surface area contributed by atoms with Gasteiger partial charge in [0.15, 0.2) is 0 Å². The molecule has 0 radical (unpaired) electrons. The molecule has 0 atom stereocenters. The number of phenols is 1. The maximum absolute atomic E-state index is 9.81. The third kappa shape index (κ3) is 6.78. The van der Waals surface area contributed by atoms with Gasteiger partial charge in [-0.15, -0.1) is 22.7 Å². The largest absolute Gasteiger partial charge is 0.508 e. The molecule has 6 aromatic rings. The number of aromatic hydroxyl groups is 1. The number of benzene rings is 1. The van der Waals surface area contributed by atoms with E-state index in [4.69, 9.17) is 25.7 Å². The average Bonchev–Trinajstić information content (AvgIpc) is 3.63. The summed E-state index contributed by atoms with van der Waals surface area (Å²) in [5, 5.41) is 11.9. The van der Waals surface area contributed by atoms with Gasteiger partial charge >= 0.3 is 0 Å². The number of nitrogens with zero attached hydrogens (tertiary/aromatic N) is 8. The molecular formula is C33H33Br2N9OS2. The molecule has 3 N–H and O–H groups in total. The smallest absolute Gasteiger partial charge is 0.226 e. The topological polar surface area (TPSA) is 130 Å². The van der Waals surface area contributed by atoms with Crippen LogP contribution in [0, 0.1) is 6.92 Å². The number of nitrogens with two attached hydrogens (primary N) is 1. The molecule has 2 fully saturated rings. The molecule has 0 bridgehead atoms. The molecule has 2 aliphatic rings. The molecular weight excluding hydrogens is 762 g/mol. The Kier molecular flexibility index (Phi) is 9.53. The van der Waals surface area contributed by atoms with Crippen molar-refractivity contribution >= 4 is 92.8 Å². The van der Waals surface area contributed by atoms with Gasteiger partial charge in [0.25, 0.3) is 0 Å². The lowest BCUT2D eigenvalue weighted by molar-refractivity contribution is 0.475. The fourth-order valence-electron chi connectivity index (χ4n) is 5.90. The second-order valence-electron chi connectivity index (χ2n) is 11.6. The summed E-state index contributed by atoms with van der Waals surface area (Å²) in [5.74, 6) is 2.09. The van der Waals surface area contributed by atoms with Gasteiger partial charge in [-0.2, -0.15) is 0 Å². The van der Waals surface area contributed by atoms with Crippen molar-refractivity contribution in [1.29, 1.82) is 0 Å². The van der Waals surface area contributed by atoms with E-state index in [1.165, 1.54) is 43.4 Å². The van der Waals surface area contributed by atoms with E-state index in [1.54, 1.807) is 47.2 Å². The van der Waals surface area contributed by atoms with E-state index in [0.29, 0.717) is 0 Å². The van der Waals surface area contributed by atoms with Gasteiger partial charge in [-0.05, 0) is 89.4 Å². The minimum absolute atomic E-state index is 0.254. The standard InChI is InChI=1S/C17H16BrN3OS.C16H17BrN6S/c18-13-10-23-16-14(11-5-4-6-12(22)9-11)19-17(20-15(13)16)21-7-2-1-3-8-21;1-9-11(17)13-14(24-9)12(10-7-19-15(18)20-8-10)21-16(22-13)23-5-3-2-4-6-23/h4-6,9-10,22H,1-3,7-8H2;7-8H,2-6H2,1H3,(H2,18,19,20). The number of thiophene rings is 2. The first kappa shape index (κ1) is 32.1. The molecule has 0 unspecified atom stereocenters. The van der Waals surface area contributed by atoms with Crippen LogP contribution in [0.5, 0.6) is 5.75 Å². The molecule has 1 aromatic carbocycles. The van der Waals surface area contributed by atoms with Crippen LogP contribution in [0.25, 0.3) is 42.9 Å². The van der Waals surface area contributed by atoms with Crippen LogP contribution in [-0.2, 0) is 0 Å². The molecule has 2 saturated heterocycles. The van der Waals surface area contributed by atoms with Gasteiger partial charge in [0, 0.05) is 60.0 Å². The number of rotatable bonds is 4. The quantitative estimate of drug-likeness (QED) is 0.179. The van der Waals surface area contributed by atoms with Gasteiger partial charge < -0.3 is 20.6 Å². The summed E-state index contributed by atoms with van der Waals surface area (Å²) in [7, 11) is 0. The van der Waals surface area contributed by atoms with Gasteiger partial charge in [0.1, 0.15) is 16.8 Å². The lowest BCUT2D eigenvalue weighted by Gasteiger charge is -2.27. The summed E-state index contributed by atoms with van der Waals surface area (Å²) < 4.78 is 4.14. The number of hydrogen-bond donors (Lipinski definition) is 2. The van der Waals surface area contributed by atoms with Crippen molar-refractivity contribution in [2.45, 2.75) is 45.4 Å². The van der Waals surface area contributed by atoms with Crippen molar-refractivity contribution in [2.75, 3.05) is 41.7 Å². The Bertz CT molecular complexity index is 2040. The third-order valence-corrected chi connectivity index (χ3v) is 12.5. The number of nitrogen functional groups attached to an aromatic ring is 1. The molecule has 0 amide bonds. The zero-order chi connectivity index (χ0) is 32.5. The first-order valence-electron chi connectivity index (χ1n) is 15.6. The second-order valence-corrected chi connectivity index (χ2v) is 15.4. The van der Waals surface area contributed by atoms with Crippen LogP contribution in [0.1, 0.15) is 43.4 Å². The van der Waals surface area contributed by atoms with Crippen molar-refractivity contribution in [3.63, 3.8) is 0 Å². The first-order chi connectivity index (χ1) is 22.9. The summed E-state index contributed by atoms with van der Waals surface area (Å²) in [6.07, 6.45) is 10.8. The number of phenolic OH excluding ortho intramolecular Hbond substituents is 1. The summed E-state index contributed by atoms with van der Waals surface area (Å²) in [5.41, 5.74) is 11.1. The predicted octanol–water partition coefficient (Wildman–Crippen LogP) is 8.61. The molecule has 10 nitrogen and oxygen atoms in total. The van der Waals surface area contributed by atoms with Gasteiger partial charge in [0.05, 0.1) is 29.7 Å². The highest BCUT2D eigenvalue weighted by molar-refractivity contribution is 9.11. The molecule has 242 valence electrons. The molecule has 8 rings (SSSR count). The van der Waals surface area contributed by atoms with E-state index in [0.717, 1.165) is 90.0 Å². The molecule has 0 saturated carbocycles. The number of halogens is 2. The van der Waals surface area contributed by atoms with Crippen molar-refractivity contribution in [1.82, 2.24) is 29.9 Å². The van der Waals surface area contributed by atoms with E-state index < -0.39 is 0 Å². The highest BCUT2D eigenvalue weighted by Crippen LogP contribution is 2.40. The van der Waals surface area contributed by atoms with Crippen LogP contribution in [0.3, 0.4) is 0 Å². The minimum Gasteiger partial charge on any atom is -0.508 e. The molecule has 47 heavy (non-hydrogen) atoms. The van der Waals surface area contributed by atoms with E-state index in [1.807, 2.05) is 17.5 Å². The SMILES string of the molecule is Cc1sc2c(-c3cnc(N)nc3)nc(N3CCCCC3)nc2c1Br.Oc1cccc(-c2nc(N3CCCCC3)nc3c(Br)csc23)c1. The molecule has 5 aromatic heterocycles. The minimum atomic E-state index is 0.254. The fourth-order valence-corrected chi connectivity index (χ4v) is 9.13. The second kappa shape index (κ2) is 14.0. The van der Waals surface area contributed by atoms with Gasteiger partial charge in [-0.3, -0.25) is 0 Å². The zero-order valence-corrected chi connectivity index (χ0v) is 30.6. The molecule has 0 spiro atoms. The summed E-state index contributed by atoms with van der Waals surface area (Å²) in [4.78, 5) is 33.3. The van der Waals surface area contributed by atoms with Gasteiger partial charge in [-0.25, -0.2) is 29.9 Å². The van der Waals surface area contributed by atoms with Gasteiger partial charge in [-0.1, -0.05) is 12.1 Å². The Morgan fingerprint density at radius 1 is 0.766 bits per heavy atom. The highest BCUT2D eigenvalue weighted by Gasteiger charge is 2.22. The summed E-state index contributed by atoms with van der Waals surface area (Å²) >= 11 is 10.6. The van der Waals surface area contributed by atoms with Crippen LogP contribution >= 0.6 is 54.5 Å². The fraction of sp³-hybridized carbons (Fsp3) is 0.333. The molecule has 2 aliphatic heterocycles. The Labute approximate surface area is 297 Å². The van der Waals surface area contributed by atoms with Crippen LogP contribution in [-0.4, -0.2) is 61.2 Å². The number of aryl methyl sites for hydroxylation is 1. The van der Waals surface area contributed by atoms with Crippen LogP contribution in [0.15, 0.2) is 51.0 Å². The van der Waals surface area contributed by atoms with Crippen molar-refractivity contribution < 1.29 is 5.11 Å². The van der Waals surface area contributed by atoms with E-state index in [2.05, 4.69) is 58.6 Å².